The summed E-state index contributed by atoms with van der Waals surface area (Å²) in [5.74, 6) is 1.69. The van der Waals surface area contributed by atoms with Gasteiger partial charge in [-0.2, -0.15) is 0 Å². The van der Waals surface area contributed by atoms with Gasteiger partial charge in [0.25, 0.3) is 0 Å². The molecule has 0 aliphatic heterocycles. The van der Waals surface area contributed by atoms with Crippen LogP contribution in [0.15, 0.2) is 73.1 Å². The molecule has 0 fully saturated rings. The smallest absolute Gasteiger partial charge is 0.112 e. The molecule has 3 rings (SSSR count). The Kier molecular flexibility index (Phi) is 19.8. The molecule has 0 bridgehead atoms. The Bertz CT molecular complexity index is 1100. The lowest BCUT2D eigenvalue weighted by Crippen LogP contribution is -2.35. The molecule has 2 aromatic carbocycles. The van der Waals surface area contributed by atoms with Crippen LogP contribution in [0.1, 0.15) is 185 Å². The van der Waals surface area contributed by atoms with E-state index in [1.165, 1.54) is 158 Å². The van der Waals surface area contributed by atoms with Crippen LogP contribution in [-0.4, -0.2) is 9.55 Å². The van der Waals surface area contributed by atoms with E-state index in [1.807, 2.05) is 0 Å². The van der Waals surface area contributed by atoms with Crippen molar-refractivity contribution >= 4 is 0 Å². The van der Waals surface area contributed by atoms with Crippen LogP contribution in [0, 0.1) is 0 Å². The third-order valence-corrected chi connectivity index (χ3v) is 10.5. The first kappa shape index (κ1) is 38.1. The quantitative estimate of drug-likeness (QED) is 0.0733. The molecule has 2 nitrogen and oxygen atoms in total. The summed E-state index contributed by atoms with van der Waals surface area (Å²) in [5.41, 5.74) is 2.84. The summed E-state index contributed by atoms with van der Waals surface area (Å²) >= 11 is 0. The van der Waals surface area contributed by atoms with E-state index in [4.69, 9.17) is 4.98 Å². The van der Waals surface area contributed by atoms with Crippen molar-refractivity contribution in [3.05, 3.63) is 90.0 Å². The van der Waals surface area contributed by atoms with E-state index in [9.17, 15) is 0 Å². The van der Waals surface area contributed by atoms with Crippen molar-refractivity contribution in [3.8, 4) is 0 Å². The van der Waals surface area contributed by atoms with E-state index in [0.29, 0.717) is 5.92 Å². The SMILES string of the molecule is CCCCCCCCCCCCCCC(c1nccn1CCCCCCCCCCC)C(C)(Cc1ccccc1)c1ccccc1. The highest BCUT2D eigenvalue weighted by Gasteiger charge is 2.39. The van der Waals surface area contributed by atoms with Gasteiger partial charge in [-0.05, 0) is 30.4 Å². The van der Waals surface area contributed by atoms with Gasteiger partial charge in [-0.25, -0.2) is 4.98 Å². The third-order valence-electron chi connectivity index (χ3n) is 10.5. The van der Waals surface area contributed by atoms with Crippen LogP contribution in [-0.2, 0) is 18.4 Å². The Labute approximate surface area is 285 Å². The van der Waals surface area contributed by atoms with E-state index in [-0.39, 0.29) is 5.41 Å². The lowest BCUT2D eigenvalue weighted by molar-refractivity contribution is 0.321. The van der Waals surface area contributed by atoms with E-state index in [1.54, 1.807) is 0 Å². The average molecular weight is 627 g/mol. The highest BCUT2D eigenvalue weighted by atomic mass is 15.1. The van der Waals surface area contributed by atoms with Crippen molar-refractivity contribution in [1.29, 1.82) is 0 Å². The summed E-state index contributed by atoms with van der Waals surface area (Å²) < 4.78 is 2.53. The summed E-state index contributed by atoms with van der Waals surface area (Å²) in [7, 11) is 0. The molecule has 2 heteroatoms. The minimum Gasteiger partial charge on any atom is -0.335 e. The standard InChI is InChI=1S/C44H70N2/c1-4-6-8-10-12-14-15-16-17-19-21-29-35-42(43-45-36-38-46(43)37-30-22-20-18-13-11-9-7-5-2)44(3,41-33-27-24-28-34-41)39-40-31-25-23-26-32-40/h23-28,31-34,36,38,42H,4-22,29-30,35,37,39H2,1-3H3. The first-order valence-electron chi connectivity index (χ1n) is 19.8. The zero-order chi connectivity index (χ0) is 32.5. The van der Waals surface area contributed by atoms with Crippen LogP contribution < -0.4 is 0 Å². The highest BCUT2D eigenvalue weighted by Crippen LogP contribution is 2.44. The van der Waals surface area contributed by atoms with E-state index in [2.05, 4.69) is 98.4 Å². The average Bonchev–Trinajstić information content (AvgIpc) is 3.54. The summed E-state index contributed by atoms with van der Waals surface area (Å²) in [4.78, 5) is 5.14. The van der Waals surface area contributed by atoms with Crippen molar-refractivity contribution in [1.82, 2.24) is 9.55 Å². The van der Waals surface area contributed by atoms with Gasteiger partial charge < -0.3 is 4.57 Å². The zero-order valence-corrected chi connectivity index (χ0v) is 30.4. The Balaban J connectivity index is 1.63. The minimum absolute atomic E-state index is 0.0258. The Hall–Kier alpha value is -2.35. The number of unbranched alkanes of at least 4 members (excludes halogenated alkanes) is 19. The Morgan fingerprint density at radius 1 is 0.565 bits per heavy atom. The molecular weight excluding hydrogens is 556 g/mol. The fourth-order valence-electron chi connectivity index (χ4n) is 7.60. The fraction of sp³-hybridized carbons (Fsp3) is 0.659. The van der Waals surface area contributed by atoms with Crippen LogP contribution in [0.4, 0.5) is 0 Å². The van der Waals surface area contributed by atoms with Gasteiger partial charge in [0.1, 0.15) is 5.82 Å². The van der Waals surface area contributed by atoms with Crippen LogP contribution in [0.25, 0.3) is 0 Å². The van der Waals surface area contributed by atoms with E-state index >= 15 is 0 Å². The molecule has 46 heavy (non-hydrogen) atoms. The van der Waals surface area contributed by atoms with Gasteiger partial charge in [0.2, 0.25) is 0 Å². The maximum Gasteiger partial charge on any atom is 0.112 e. The zero-order valence-electron chi connectivity index (χ0n) is 30.4. The maximum absolute atomic E-state index is 5.14. The van der Waals surface area contributed by atoms with Gasteiger partial charge in [0.05, 0.1) is 0 Å². The van der Waals surface area contributed by atoms with Crippen LogP contribution in [0.5, 0.6) is 0 Å². The van der Waals surface area contributed by atoms with Crippen LogP contribution in [0.2, 0.25) is 0 Å². The fourth-order valence-corrected chi connectivity index (χ4v) is 7.60. The number of hydrogen-bond donors (Lipinski definition) is 0. The molecule has 0 aliphatic carbocycles. The van der Waals surface area contributed by atoms with Gasteiger partial charge in [0, 0.05) is 30.3 Å². The van der Waals surface area contributed by atoms with Gasteiger partial charge in [-0.3, -0.25) is 0 Å². The highest BCUT2D eigenvalue weighted by molar-refractivity contribution is 5.33. The monoisotopic (exact) mass is 627 g/mol. The van der Waals surface area contributed by atoms with E-state index in [0.717, 1.165) is 13.0 Å². The molecule has 0 aliphatic rings. The van der Waals surface area contributed by atoms with Gasteiger partial charge in [0.15, 0.2) is 0 Å². The lowest BCUT2D eigenvalue weighted by Gasteiger charge is -2.39. The molecule has 1 heterocycles. The number of aromatic nitrogens is 2. The normalized spacial score (nSPS) is 13.5. The Morgan fingerprint density at radius 3 is 1.54 bits per heavy atom. The molecule has 1 aromatic heterocycles. The predicted molar refractivity (Wildman–Crippen MR) is 202 cm³/mol. The molecule has 2 unspecified atom stereocenters. The van der Waals surface area contributed by atoms with Crippen molar-refractivity contribution in [2.75, 3.05) is 0 Å². The third kappa shape index (κ3) is 14.2. The molecule has 0 saturated carbocycles. The number of nitrogens with zero attached hydrogens (tertiary/aromatic N) is 2. The topological polar surface area (TPSA) is 17.8 Å². The molecule has 2 atom stereocenters. The molecule has 0 spiro atoms. The first-order chi connectivity index (χ1) is 22.7. The predicted octanol–water partition coefficient (Wildman–Crippen LogP) is 13.8. The van der Waals surface area contributed by atoms with Gasteiger partial charge >= 0.3 is 0 Å². The van der Waals surface area contributed by atoms with Crippen LogP contribution in [0.3, 0.4) is 0 Å². The van der Waals surface area contributed by atoms with Gasteiger partial charge in [-0.15, -0.1) is 0 Å². The Morgan fingerprint density at radius 2 is 1.02 bits per heavy atom. The van der Waals surface area contributed by atoms with Crippen molar-refractivity contribution in [2.45, 2.75) is 186 Å². The molecule has 3 aromatic rings. The van der Waals surface area contributed by atoms with Crippen molar-refractivity contribution in [3.63, 3.8) is 0 Å². The summed E-state index contributed by atoms with van der Waals surface area (Å²) in [5, 5.41) is 0. The lowest BCUT2D eigenvalue weighted by atomic mass is 9.66. The molecule has 256 valence electrons. The van der Waals surface area contributed by atoms with Crippen molar-refractivity contribution < 1.29 is 0 Å². The van der Waals surface area contributed by atoms with Crippen molar-refractivity contribution in [2.24, 2.45) is 0 Å². The van der Waals surface area contributed by atoms with Crippen LogP contribution >= 0.6 is 0 Å². The maximum atomic E-state index is 5.14. The number of benzene rings is 2. The number of aryl methyl sites for hydroxylation is 1. The van der Waals surface area contributed by atoms with E-state index < -0.39 is 0 Å². The molecule has 0 saturated heterocycles. The molecule has 0 N–H and O–H groups in total. The molecule has 0 amide bonds. The number of hydrogen-bond acceptors (Lipinski definition) is 1. The second kappa shape index (κ2) is 23.9. The molecular formula is C44H70N2. The van der Waals surface area contributed by atoms with Gasteiger partial charge in [-0.1, -0.05) is 210 Å². The largest absolute Gasteiger partial charge is 0.335 e. The summed E-state index contributed by atoms with van der Waals surface area (Å²) in [6.07, 6.45) is 35.6. The first-order valence-corrected chi connectivity index (χ1v) is 19.8. The molecule has 0 radical (unpaired) electrons. The number of rotatable bonds is 28. The second-order valence-corrected chi connectivity index (χ2v) is 14.5. The summed E-state index contributed by atoms with van der Waals surface area (Å²) in [6.45, 7) is 8.23. The second-order valence-electron chi connectivity index (χ2n) is 14.5. The summed E-state index contributed by atoms with van der Waals surface area (Å²) in [6, 6.07) is 22.5. The number of imidazole rings is 1. The minimum atomic E-state index is -0.0258.